The van der Waals surface area contributed by atoms with Crippen LogP contribution in [-0.2, 0) is 27.4 Å². The highest BCUT2D eigenvalue weighted by Gasteiger charge is 2.43. The predicted octanol–water partition coefficient (Wildman–Crippen LogP) is 1.63. The summed E-state index contributed by atoms with van der Waals surface area (Å²) in [4.78, 5) is 27.5. The number of amides is 1. The molecule has 2 aromatic heterocycles. The SMILES string of the molecule is CC(CCn1ccc(-c2ccc(C(F)(F)F)nc2)cc1=O)(C(=O)NO)S(C)(=O)=O. The van der Waals surface area contributed by atoms with Crippen molar-refractivity contribution >= 4 is 15.7 Å². The molecule has 2 heterocycles. The minimum absolute atomic E-state index is 0.151. The molecule has 0 aliphatic carbocycles. The normalized spacial score (nSPS) is 14.3. The molecule has 158 valence electrons. The number of hydrogen-bond donors (Lipinski definition) is 2. The third kappa shape index (κ3) is 4.82. The molecule has 1 unspecified atom stereocenters. The number of aryl methyl sites for hydroxylation is 1. The van der Waals surface area contributed by atoms with E-state index >= 15 is 0 Å². The van der Waals surface area contributed by atoms with Crippen LogP contribution in [0.25, 0.3) is 11.1 Å². The molecular formula is C17H18F3N3O5S. The van der Waals surface area contributed by atoms with Crippen molar-refractivity contribution in [3.63, 3.8) is 0 Å². The van der Waals surface area contributed by atoms with E-state index in [4.69, 9.17) is 5.21 Å². The van der Waals surface area contributed by atoms with Crippen LogP contribution in [-0.4, -0.2) is 40.1 Å². The lowest BCUT2D eigenvalue weighted by Crippen LogP contribution is -2.49. The van der Waals surface area contributed by atoms with Gasteiger partial charge in [-0.3, -0.25) is 19.8 Å². The van der Waals surface area contributed by atoms with Crippen molar-refractivity contribution in [1.29, 1.82) is 0 Å². The van der Waals surface area contributed by atoms with Crippen LogP contribution in [0, 0.1) is 0 Å². The van der Waals surface area contributed by atoms with E-state index in [-0.39, 0.29) is 13.0 Å². The van der Waals surface area contributed by atoms with Crippen LogP contribution < -0.4 is 11.0 Å². The molecule has 0 spiro atoms. The highest BCUT2D eigenvalue weighted by atomic mass is 32.2. The Morgan fingerprint density at radius 3 is 2.34 bits per heavy atom. The van der Waals surface area contributed by atoms with Crippen molar-refractivity contribution in [1.82, 2.24) is 15.0 Å². The molecule has 0 saturated carbocycles. The van der Waals surface area contributed by atoms with Gasteiger partial charge in [0, 0.05) is 36.8 Å². The van der Waals surface area contributed by atoms with Crippen molar-refractivity contribution in [3.8, 4) is 11.1 Å². The first-order valence-electron chi connectivity index (χ1n) is 8.18. The van der Waals surface area contributed by atoms with E-state index in [9.17, 15) is 31.2 Å². The van der Waals surface area contributed by atoms with Gasteiger partial charge in [-0.15, -0.1) is 0 Å². The number of sulfone groups is 1. The lowest BCUT2D eigenvalue weighted by atomic mass is 10.1. The molecule has 1 amide bonds. The third-order valence-electron chi connectivity index (χ3n) is 4.61. The third-order valence-corrected chi connectivity index (χ3v) is 6.64. The number of carbonyl (C=O) groups excluding carboxylic acids is 1. The van der Waals surface area contributed by atoms with E-state index in [0.29, 0.717) is 11.1 Å². The molecular weight excluding hydrogens is 415 g/mol. The standard InChI is InChI=1S/C17H18F3N3O5S/c1-16(15(25)22-26,29(2,27)28)6-8-23-7-5-11(9-14(23)24)12-3-4-13(21-10-12)17(18,19)20/h3-5,7,9-10,26H,6,8H2,1-2H3,(H,22,25). The number of nitrogens with zero attached hydrogens (tertiary/aromatic N) is 2. The first-order chi connectivity index (χ1) is 13.3. The van der Waals surface area contributed by atoms with Crippen LogP contribution in [0.3, 0.4) is 0 Å². The first-order valence-corrected chi connectivity index (χ1v) is 10.1. The van der Waals surface area contributed by atoms with Crippen LogP contribution in [0.4, 0.5) is 13.2 Å². The molecule has 0 aromatic carbocycles. The molecule has 0 fully saturated rings. The Morgan fingerprint density at radius 1 is 1.24 bits per heavy atom. The molecule has 1 atom stereocenters. The number of hydroxylamine groups is 1. The topological polar surface area (TPSA) is 118 Å². The fourth-order valence-electron chi connectivity index (χ4n) is 2.52. The summed E-state index contributed by atoms with van der Waals surface area (Å²) >= 11 is 0. The Hall–Kier alpha value is -2.73. The molecule has 12 heteroatoms. The van der Waals surface area contributed by atoms with Gasteiger partial charge in [-0.1, -0.05) is 6.07 Å². The zero-order valence-electron chi connectivity index (χ0n) is 15.4. The maximum absolute atomic E-state index is 12.6. The molecule has 2 rings (SSSR count). The second kappa shape index (κ2) is 7.95. The summed E-state index contributed by atoms with van der Waals surface area (Å²) in [5, 5.41) is 8.81. The number of carbonyl (C=O) groups is 1. The number of nitrogens with one attached hydrogen (secondary N) is 1. The molecule has 0 bridgehead atoms. The van der Waals surface area contributed by atoms with Crippen LogP contribution in [0.15, 0.2) is 41.5 Å². The molecule has 0 radical (unpaired) electrons. The van der Waals surface area contributed by atoms with Crippen LogP contribution in [0.5, 0.6) is 0 Å². The maximum Gasteiger partial charge on any atom is 0.433 e. The largest absolute Gasteiger partial charge is 0.433 e. The van der Waals surface area contributed by atoms with E-state index in [2.05, 4.69) is 4.98 Å². The summed E-state index contributed by atoms with van der Waals surface area (Å²) in [6.07, 6.45) is -1.71. The smallest absolute Gasteiger partial charge is 0.315 e. The molecule has 0 aliphatic rings. The van der Waals surface area contributed by atoms with Gasteiger partial charge in [-0.05, 0) is 31.0 Å². The van der Waals surface area contributed by atoms with Crippen molar-refractivity contribution in [2.75, 3.05) is 6.26 Å². The number of alkyl halides is 3. The average Bonchev–Trinajstić information content (AvgIpc) is 2.64. The quantitative estimate of drug-likeness (QED) is 0.528. The predicted molar refractivity (Wildman–Crippen MR) is 96.7 cm³/mol. The molecule has 0 saturated heterocycles. The monoisotopic (exact) mass is 433 g/mol. The van der Waals surface area contributed by atoms with Crippen LogP contribution >= 0.6 is 0 Å². The maximum atomic E-state index is 12.6. The second-order valence-corrected chi connectivity index (χ2v) is 9.02. The van der Waals surface area contributed by atoms with E-state index in [1.54, 1.807) is 0 Å². The van der Waals surface area contributed by atoms with E-state index in [1.807, 2.05) is 0 Å². The van der Waals surface area contributed by atoms with Crippen molar-refractivity contribution in [2.45, 2.75) is 30.8 Å². The van der Waals surface area contributed by atoms with Crippen molar-refractivity contribution < 1.29 is 31.6 Å². The number of halogens is 3. The summed E-state index contributed by atoms with van der Waals surface area (Å²) in [6, 6.07) is 4.59. The minimum Gasteiger partial charge on any atom is -0.315 e. The van der Waals surface area contributed by atoms with Gasteiger partial charge >= 0.3 is 6.18 Å². The fraction of sp³-hybridized carbons (Fsp3) is 0.353. The van der Waals surface area contributed by atoms with Gasteiger partial charge in [-0.25, -0.2) is 13.9 Å². The van der Waals surface area contributed by atoms with Gasteiger partial charge in [0.15, 0.2) is 14.6 Å². The zero-order valence-corrected chi connectivity index (χ0v) is 16.2. The minimum atomic E-state index is -4.57. The van der Waals surface area contributed by atoms with Gasteiger partial charge in [0.2, 0.25) is 0 Å². The van der Waals surface area contributed by atoms with Crippen LogP contribution in [0.2, 0.25) is 0 Å². The number of aromatic nitrogens is 2. The van der Waals surface area contributed by atoms with E-state index in [0.717, 1.165) is 36.1 Å². The van der Waals surface area contributed by atoms with Crippen LogP contribution in [0.1, 0.15) is 19.0 Å². The Morgan fingerprint density at radius 2 is 1.90 bits per heavy atom. The number of pyridine rings is 2. The Kier molecular flexibility index (Phi) is 6.18. The zero-order chi connectivity index (χ0) is 22.0. The highest BCUT2D eigenvalue weighted by molar-refractivity contribution is 7.92. The van der Waals surface area contributed by atoms with Gasteiger partial charge < -0.3 is 4.57 Å². The fourth-order valence-corrected chi connectivity index (χ4v) is 3.37. The number of rotatable bonds is 6. The van der Waals surface area contributed by atoms with Gasteiger partial charge in [0.05, 0.1) is 0 Å². The Bertz CT molecular complexity index is 1060. The van der Waals surface area contributed by atoms with Gasteiger partial charge in [0.25, 0.3) is 11.5 Å². The molecule has 29 heavy (non-hydrogen) atoms. The lowest BCUT2D eigenvalue weighted by Gasteiger charge is -2.25. The molecule has 0 aliphatic heterocycles. The molecule has 2 N–H and O–H groups in total. The summed E-state index contributed by atoms with van der Waals surface area (Å²) in [5.41, 5.74) is 0.324. The first kappa shape index (κ1) is 22.6. The van der Waals surface area contributed by atoms with E-state index < -0.39 is 37.9 Å². The van der Waals surface area contributed by atoms with Gasteiger partial charge in [-0.2, -0.15) is 13.2 Å². The molecule has 8 nitrogen and oxygen atoms in total. The van der Waals surface area contributed by atoms with Crippen molar-refractivity contribution in [3.05, 3.63) is 52.7 Å². The Balaban J connectivity index is 2.26. The van der Waals surface area contributed by atoms with Crippen molar-refractivity contribution in [2.24, 2.45) is 0 Å². The lowest BCUT2D eigenvalue weighted by molar-refractivity contribution is -0.141. The summed E-state index contributed by atoms with van der Waals surface area (Å²) in [7, 11) is -3.91. The highest BCUT2D eigenvalue weighted by Crippen LogP contribution is 2.28. The van der Waals surface area contributed by atoms with Gasteiger partial charge in [0.1, 0.15) is 5.69 Å². The van der Waals surface area contributed by atoms with E-state index in [1.165, 1.54) is 23.8 Å². The summed E-state index contributed by atoms with van der Waals surface area (Å²) in [6.45, 7) is 0.975. The average molecular weight is 433 g/mol. The summed E-state index contributed by atoms with van der Waals surface area (Å²) < 4.78 is 60.8. The number of hydrogen-bond acceptors (Lipinski definition) is 6. The summed E-state index contributed by atoms with van der Waals surface area (Å²) in [5.74, 6) is -1.12. The molecule has 2 aromatic rings. The Labute approximate surface area is 163 Å². The second-order valence-electron chi connectivity index (χ2n) is 6.57.